The van der Waals surface area contributed by atoms with E-state index < -0.39 is 111 Å². The molecular formula is C46H35ClF9N11O5S. The molecule has 10 rings (SSSR count). The Morgan fingerprint density at radius 3 is 2.34 bits per heavy atom. The first-order valence-electron chi connectivity index (χ1n) is 21.8. The monoisotopic (exact) mass is 1060 g/mol. The molecule has 2 N–H and O–H groups in total. The number of sulfonamides is 1. The van der Waals surface area contributed by atoms with Gasteiger partial charge in [0.1, 0.15) is 52.5 Å². The number of aryl methyl sites for hydroxylation is 1. The summed E-state index contributed by atoms with van der Waals surface area (Å²) in [4.78, 5) is 38.6. The second kappa shape index (κ2) is 17.6. The summed E-state index contributed by atoms with van der Waals surface area (Å²) in [5, 5.41) is 16.0. The molecule has 0 unspecified atom stereocenters. The number of ether oxygens (including phenoxy) is 1. The lowest BCUT2D eigenvalue weighted by atomic mass is 10.0. The number of benzene rings is 3. The van der Waals surface area contributed by atoms with Crippen LogP contribution < -0.4 is 19.9 Å². The predicted molar refractivity (Wildman–Crippen MR) is 244 cm³/mol. The minimum Gasteiger partial charge on any atom is -0.497 e. The third-order valence-corrected chi connectivity index (χ3v) is 14.1. The molecule has 2 aliphatic carbocycles. The number of nitrogens with one attached hydrogen (secondary N) is 2. The zero-order valence-electron chi connectivity index (χ0n) is 37.8. The molecule has 3 atom stereocenters. The summed E-state index contributed by atoms with van der Waals surface area (Å²) in [6, 6.07) is 12.7. The number of amides is 1. The summed E-state index contributed by atoms with van der Waals surface area (Å²) in [5.41, 5.74) is -5.26. The maximum atomic E-state index is 15.7. The SMILES string of the molecule is COc1ccc(CN(c2nn(C)c3c(-n4c([C@H](Cc5cc(F)cc(F)c5)NC(=O)Cn5nc(C(F)F)c6c5C(F)(F)[C@@H]5C[C@H]65)nc5nc(-c6cc(C(F)(F)F)[nH]n6)ccc5c4=O)ccc(Cl)c23)S(C)(=O)=O)cc1. The van der Waals surface area contributed by atoms with Crippen molar-refractivity contribution in [3.8, 4) is 22.8 Å². The number of halogens is 10. The molecule has 2 aliphatic rings. The Kier molecular flexibility index (Phi) is 11.9. The van der Waals surface area contributed by atoms with Crippen molar-refractivity contribution in [2.24, 2.45) is 13.0 Å². The minimum atomic E-state index is -4.85. The van der Waals surface area contributed by atoms with E-state index in [9.17, 15) is 43.9 Å². The molecule has 0 saturated heterocycles. The summed E-state index contributed by atoms with van der Waals surface area (Å²) in [7, 11) is -1.34. The van der Waals surface area contributed by atoms with E-state index in [0.29, 0.717) is 28.1 Å². The van der Waals surface area contributed by atoms with Crippen molar-refractivity contribution in [3.05, 3.63) is 139 Å². The lowest BCUT2D eigenvalue weighted by Crippen LogP contribution is -2.38. The Hall–Kier alpha value is -7.48. The third kappa shape index (κ3) is 8.78. The number of rotatable bonds is 14. The van der Waals surface area contributed by atoms with E-state index >= 15 is 13.6 Å². The highest BCUT2D eigenvalue weighted by Gasteiger charge is 2.67. The summed E-state index contributed by atoms with van der Waals surface area (Å²) < 4.78 is 167. The standard InChI is InChI=1S/C46H35ClF9N11O5S/c1-64-38-32(11-9-28(47)36(38)43(63-64)66(73(3,70)71)18-20-4-6-24(72-2)7-5-20)67-42(59-41-25(44(67)69)8-10-29(58-41)30-17-33(61-60-30)46(54,55)56)31(14-21-12-22(48)15-23(49)13-21)57-34(68)19-65-39-35(37(62-65)40(50)51)26-16-27(26)45(39,52)53/h4-13,15,17,26-27,31,40H,14,16,18-19H2,1-3H3,(H,57,68)(H,60,61)/t26-,27+,31-/m0/s1. The van der Waals surface area contributed by atoms with Gasteiger partial charge in [0.2, 0.25) is 15.9 Å². The van der Waals surface area contributed by atoms with Gasteiger partial charge in [0.15, 0.2) is 11.5 Å². The van der Waals surface area contributed by atoms with Crippen molar-refractivity contribution >= 4 is 55.3 Å². The molecule has 5 aromatic heterocycles. The number of pyridine rings is 1. The number of aromatic amines is 1. The van der Waals surface area contributed by atoms with Crippen molar-refractivity contribution in [2.75, 3.05) is 17.7 Å². The Morgan fingerprint density at radius 2 is 1.70 bits per heavy atom. The maximum Gasteiger partial charge on any atom is 0.432 e. The van der Waals surface area contributed by atoms with Crippen LogP contribution in [0.4, 0.5) is 45.3 Å². The first kappa shape index (κ1) is 49.1. The molecule has 73 heavy (non-hydrogen) atoms. The van der Waals surface area contributed by atoms with Gasteiger partial charge in [0.05, 0.1) is 58.6 Å². The Bertz CT molecular complexity index is 3710. The number of carbonyl (C=O) groups is 1. The van der Waals surface area contributed by atoms with Crippen LogP contribution in [0, 0.1) is 17.6 Å². The molecule has 27 heteroatoms. The average Bonchev–Trinajstić information content (AvgIpc) is 3.54. The summed E-state index contributed by atoms with van der Waals surface area (Å²) in [6.45, 7) is -1.39. The molecule has 8 aromatic rings. The number of aromatic nitrogens is 9. The van der Waals surface area contributed by atoms with E-state index in [1.54, 1.807) is 24.3 Å². The molecule has 0 aliphatic heterocycles. The molecule has 3 aromatic carbocycles. The van der Waals surface area contributed by atoms with Gasteiger partial charge in [-0.05, 0) is 78.1 Å². The Labute approximate surface area is 410 Å². The van der Waals surface area contributed by atoms with E-state index in [2.05, 4.69) is 30.6 Å². The van der Waals surface area contributed by atoms with Crippen LogP contribution in [0.25, 0.3) is 39.0 Å². The molecule has 0 spiro atoms. The fraction of sp³-hybridized carbons (Fsp3) is 0.283. The Morgan fingerprint density at radius 1 is 0.986 bits per heavy atom. The number of anilines is 1. The molecule has 1 saturated carbocycles. The molecular weight excluding hydrogens is 1030 g/mol. The van der Waals surface area contributed by atoms with E-state index in [-0.39, 0.29) is 68.3 Å². The van der Waals surface area contributed by atoms with Gasteiger partial charge in [0.25, 0.3) is 17.9 Å². The first-order valence-corrected chi connectivity index (χ1v) is 24.0. The molecule has 16 nitrogen and oxygen atoms in total. The van der Waals surface area contributed by atoms with Gasteiger partial charge >= 0.3 is 6.18 Å². The number of nitrogens with zero attached hydrogens (tertiary/aromatic N) is 9. The van der Waals surface area contributed by atoms with Crippen LogP contribution in [0.15, 0.2) is 77.6 Å². The largest absolute Gasteiger partial charge is 0.497 e. The molecule has 0 radical (unpaired) electrons. The fourth-order valence-electron chi connectivity index (χ4n) is 9.35. The second-order valence-electron chi connectivity index (χ2n) is 17.5. The van der Waals surface area contributed by atoms with Gasteiger partial charge < -0.3 is 10.1 Å². The highest BCUT2D eigenvalue weighted by Crippen LogP contribution is 2.68. The predicted octanol–water partition coefficient (Wildman–Crippen LogP) is 8.43. The molecule has 5 heterocycles. The van der Waals surface area contributed by atoms with Crippen molar-refractivity contribution < 1.29 is 57.5 Å². The van der Waals surface area contributed by atoms with Gasteiger partial charge in [-0.15, -0.1) is 0 Å². The maximum absolute atomic E-state index is 15.7. The van der Waals surface area contributed by atoms with Crippen molar-refractivity contribution in [1.29, 1.82) is 0 Å². The summed E-state index contributed by atoms with van der Waals surface area (Å²) >= 11 is 6.87. The van der Waals surface area contributed by atoms with Crippen molar-refractivity contribution in [2.45, 2.75) is 56.4 Å². The third-order valence-electron chi connectivity index (χ3n) is 12.6. The summed E-state index contributed by atoms with van der Waals surface area (Å²) in [5.74, 6) is -9.40. The van der Waals surface area contributed by atoms with Gasteiger partial charge in [-0.2, -0.15) is 37.2 Å². The number of carbonyl (C=O) groups excluding carboxylic acids is 1. The van der Waals surface area contributed by atoms with Crippen LogP contribution >= 0.6 is 11.6 Å². The highest BCUT2D eigenvalue weighted by atomic mass is 35.5. The van der Waals surface area contributed by atoms with Crippen LogP contribution in [0.1, 0.15) is 64.4 Å². The Balaban J connectivity index is 1.18. The van der Waals surface area contributed by atoms with Gasteiger partial charge in [-0.25, -0.2) is 40.3 Å². The number of H-pyrrole nitrogens is 1. The number of hydrogen-bond acceptors (Lipinski definition) is 10. The van der Waals surface area contributed by atoms with Gasteiger partial charge in [-0.3, -0.25) is 28.6 Å². The second-order valence-corrected chi connectivity index (χ2v) is 19.8. The van der Waals surface area contributed by atoms with E-state index in [0.717, 1.165) is 27.3 Å². The lowest BCUT2D eigenvalue weighted by Gasteiger charge is -2.24. The van der Waals surface area contributed by atoms with Gasteiger partial charge in [0, 0.05) is 31.0 Å². The molecule has 1 fully saturated rings. The van der Waals surface area contributed by atoms with Crippen LogP contribution in [-0.4, -0.2) is 72.0 Å². The minimum absolute atomic E-state index is 0.0227. The quantitative estimate of drug-likeness (QED) is 0.100. The van der Waals surface area contributed by atoms with Crippen LogP contribution in [0.5, 0.6) is 5.75 Å². The molecule has 1 amide bonds. The van der Waals surface area contributed by atoms with E-state index in [1.807, 2.05) is 5.10 Å². The van der Waals surface area contributed by atoms with E-state index in [1.165, 1.54) is 43.1 Å². The number of fused-ring (bicyclic) bond motifs is 5. The smallest absolute Gasteiger partial charge is 0.432 e. The molecule has 0 bridgehead atoms. The molecule has 380 valence electrons. The van der Waals surface area contributed by atoms with Gasteiger partial charge in [-0.1, -0.05) is 23.7 Å². The normalized spacial score (nSPS) is 16.5. The van der Waals surface area contributed by atoms with Crippen LogP contribution in [0.2, 0.25) is 5.02 Å². The lowest BCUT2D eigenvalue weighted by molar-refractivity contribution is -0.141. The zero-order valence-corrected chi connectivity index (χ0v) is 39.4. The highest BCUT2D eigenvalue weighted by molar-refractivity contribution is 7.92. The van der Waals surface area contributed by atoms with E-state index in [4.69, 9.17) is 16.3 Å². The average molecular weight is 1060 g/mol. The summed E-state index contributed by atoms with van der Waals surface area (Å²) in [6.07, 6.45) is -7.91. The fourth-order valence-corrected chi connectivity index (χ4v) is 10.4. The number of alkyl halides is 7. The van der Waals surface area contributed by atoms with Crippen molar-refractivity contribution in [1.82, 2.24) is 49.6 Å². The van der Waals surface area contributed by atoms with Crippen LogP contribution in [0.3, 0.4) is 0 Å². The van der Waals surface area contributed by atoms with Crippen molar-refractivity contribution in [3.63, 3.8) is 0 Å². The topological polar surface area (TPSA) is 188 Å². The first-order chi connectivity index (χ1) is 34.4. The zero-order chi connectivity index (χ0) is 52.2. The van der Waals surface area contributed by atoms with Crippen LogP contribution in [-0.2, 0) is 53.5 Å². The number of methoxy groups -OCH3 is 1. The number of hydrogen-bond donors (Lipinski definition) is 2.